The van der Waals surface area contributed by atoms with Gasteiger partial charge in [-0.2, -0.15) is 0 Å². The molecule has 0 aliphatic rings. The molecule has 0 aliphatic heterocycles. The second-order valence-corrected chi connectivity index (χ2v) is 3.82. The number of carboxylic acid groups (broad SMARTS) is 1. The first-order valence-corrected chi connectivity index (χ1v) is 5.39. The number of carboxylic acids is 1. The van der Waals surface area contributed by atoms with Crippen LogP contribution in [0.5, 0.6) is 0 Å². The molecule has 0 heterocycles. The van der Waals surface area contributed by atoms with Crippen molar-refractivity contribution >= 4 is 29.2 Å². The number of carbonyl (C=O) groups excluding carboxylic acids is 1. The van der Waals surface area contributed by atoms with Gasteiger partial charge in [-0.3, -0.25) is 4.79 Å². The van der Waals surface area contributed by atoms with Crippen molar-refractivity contribution in [1.82, 2.24) is 5.32 Å². The zero-order valence-electron chi connectivity index (χ0n) is 9.29. The van der Waals surface area contributed by atoms with E-state index >= 15 is 0 Å². The summed E-state index contributed by atoms with van der Waals surface area (Å²) in [5.74, 6) is -1.12. The summed E-state index contributed by atoms with van der Waals surface area (Å²) in [5, 5.41) is 14.8. The maximum absolute atomic E-state index is 10.8. The van der Waals surface area contributed by atoms with E-state index in [0.717, 1.165) is 0 Å². The highest BCUT2D eigenvalue weighted by atomic mass is 35.5. The molecule has 5 nitrogen and oxygen atoms in total. The van der Waals surface area contributed by atoms with Gasteiger partial charge in [0.25, 0.3) is 0 Å². The lowest BCUT2D eigenvalue weighted by molar-refractivity contribution is -0.118. The molecule has 0 unspecified atom stereocenters. The van der Waals surface area contributed by atoms with Gasteiger partial charge in [0, 0.05) is 20.0 Å². The molecule has 1 aromatic carbocycles. The van der Waals surface area contributed by atoms with E-state index in [1.807, 2.05) is 0 Å². The van der Waals surface area contributed by atoms with E-state index in [2.05, 4.69) is 10.6 Å². The van der Waals surface area contributed by atoms with Crippen molar-refractivity contribution < 1.29 is 14.7 Å². The van der Waals surface area contributed by atoms with Crippen molar-refractivity contribution in [3.8, 4) is 0 Å². The summed E-state index contributed by atoms with van der Waals surface area (Å²) in [4.78, 5) is 21.4. The number of hydrogen-bond acceptors (Lipinski definition) is 3. The number of carbonyl (C=O) groups is 2. The van der Waals surface area contributed by atoms with Crippen molar-refractivity contribution in [2.45, 2.75) is 6.92 Å². The lowest BCUT2D eigenvalue weighted by atomic mass is 10.2. The van der Waals surface area contributed by atoms with Gasteiger partial charge in [0.1, 0.15) is 0 Å². The van der Waals surface area contributed by atoms with Gasteiger partial charge in [0.05, 0.1) is 16.3 Å². The van der Waals surface area contributed by atoms with E-state index < -0.39 is 5.97 Å². The minimum Gasteiger partial charge on any atom is -0.478 e. The molecule has 92 valence electrons. The predicted molar refractivity (Wildman–Crippen MR) is 65.6 cm³/mol. The van der Waals surface area contributed by atoms with Crippen LogP contribution >= 0.6 is 11.6 Å². The Balaban J connectivity index is 2.60. The molecule has 0 bridgehead atoms. The van der Waals surface area contributed by atoms with Gasteiger partial charge in [-0.1, -0.05) is 11.6 Å². The van der Waals surface area contributed by atoms with Crippen LogP contribution in [0.1, 0.15) is 17.3 Å². The molecule has 0 saturated carbocycles. The molecule has 0 atom stereocenters. The molecule has 0 aromatic heterocycles. The summed E-state index contributed by atoms with van der Waals surface area (Å²) in [5.41, 5.74) is 0.702. The van der Waals surface area contributed by atoms with Crippen LogP contribution in [0.15, 0.2) is 18.2 Å². The molecule has 0 fully saturated rings. The largest absolute Gasteiger partial charge is 0.478 e. The van der Waals surface area contributed by atoms with Gasteiger partial charge in [-0.15, -0.1) is 0 Å². The third-order valence-electron chi connectivity index (χ3n) is 2.03. The van der Waals surface area contributed by atoms with E-state index in [4.69, 9.17) is 16.7 Å². The first-order valence-electron chi connectivity index (χ1n) is 5.02. The normalized spacial score (nSPS) is 9.76. The fourth-order valence-electron chi connectivity index (χ4n) is 1.23. The third-order valence-corrected chi connectivity index (χ3v) is 2.36. The van der Waals surface area contributed by atoms with Crippen molar-refractivity contribution in [3.63, 3.8) is 0 Å². The Morgan fingerprint density at radius 2 is 2.06 bits per heavy atom. The van der Waals surface area contributed by atoms with Gasteiger partial charge in [0.15, 0.2) is 0 Å². The van der Waals surface area contributed by atoms with Crippen molar-refractivity contribution in [3.05, 3.63) is 28.8 Å². The molecule has 6 heteroatoms. The van der Waals surface area contributed by atoms with Crippen LogP contribution in [0, 0.1) is 0 Å². The number of rotatable bonds is 5. The summed E-state index contributed by atoms with van der Waals surface area (Å²) in [6.07, 6.45) is 0. The van der Waals surface area contributed by atoms with Crippen LogP contribution < -0.4 is 10.6 Å². The van der Waals surface area contributed by atoms with Gasteiger partial charge in [-0.05, 0) is 18.2 Å². The smallest absolute Gasteiger partial charge is 0.335 e. The molecule has 0 saturated heterocycles. The van der Waals surface area contributed by atoms with Gasteiger partial charge < -0.3 is 15.7 Å². The van der Waals surface area contributed by atoms with E-state index in [1.54, 1.807) is 0 Å². The molecule has 0 spiro atoms. The van der Waals surface area contributed by atoms with E-state index in [-0.39, 0.29) is 11.5 Å². The first-order chi connectivity index (χ1) is 8.00. The highest BCUT2D eigenvalue weighted by Gasteiger charge is 2.06. The monoisotopic (exact) mass is 256 g/mol. The SMILES string of the molecule is CC(=O)NCCNc1cc(C(=O)O)ccc1Cl. The Morgan fingerprint density at radius 3 is 2.65 bits per heavy atom. The summed E-state index contributed by atoms with van der Waals surface area (Å²) in [6.45, 7) is 2.35. The molecule has 17 heavy (non-hydrogen) atoms. The average molecular weight is 257 g/mol. The van der Waals surface area contributed by atoms with Crippen LogP contribution in [-0.4, -0.2) is 30.1 Å². The fraction of sp³-hybridized carbons (Fsp3) is 0.273. The maximum Gasteiger partial charge on any atom is 0.335 e. The highest BCUT2D eigenvalue weighted by molar-refractivity contribution is 6.33. The number of hydrogen-bond donors (Lipinski definition) is 3. The molecule has 0 radical (unpaired) electrons. The zero-order chi connectivity index (χ0) is 12.8. The van der Waals surface area contributed by atoms with Crippen LogP contribution in [-0.2, 0) is 4.79 Å². The minimum atomic E-state index is -1.01. The highest BCUT2D eigenvalue weighted by Crippen LogP contribution is 2.22. The molecular weight excluding hydrogens is 244 g/mol. The number of benzene rings is 1. The molecule has 1 aromatic rings. The molecule has 0 aliphatic carbocycles. The standard InChI is InChI=1S/C11H13ClN2O3/c1-7(15)13-4-5-14-10-6-8(11(16)17)2-3-9(10)12/h2-3,6,14H,4-5H2,1H3,(H,13,15)(H,16,17). The maximum atomic E-state index is 10.8. The number of nitrogens with one attached hydrogen (secondary N) is 2. The van der Waals surface area contributed by atoms with Gasteiger partial charge in [-0.25, -0.2) is 4.79 Å². The molecular formula is C11H13ClN2O3. The Kier molecular flexibility index (Phi) is 4.78. The average Bonchev–Trinajstić information content (AvgIpc) is 2.25. The predicted octanol–water partition coefficient (Wildman–Crippen LogP) is 1.59. The van der Waals surface area contributed by atoms with Crippen LogP contribution in [0.4, 0.5) is 5.69 Å². The second kappa shape index (κ2) is 6.10. The van der Waals surface area contributed by atoms with E-state index in [1.165, 1.54) is 25.1 Å². The molecule has 1 amide bonds. The van der Waals surface area contributed by atoms with Crippen molar-refractivity contribution in [2.75, 3.05) is 18.4 Å². The summed E-state index contributed by atoms with van der Waals surface area (Å²) >= 11 is 5.90. The fourth-order valence-corrected chi connectivity index (χ4v) is 1.41. The van der Waals surface area contributed by atoms with Crippen molar-refractivity contribution in [2.24, 2.45) is 0 Å². The number of aromatic carboxylic acids is 1. The lowest BCUT2D eigenvalue weighted by Gasteiger charge is -2.09. The Hall–Kier alpha value is -1.75. The Bertz CT molecular complexity index is 435. The third kappa shape index (κ3) is 4.32. The Labute approximate surface area is 104 Å². The second-order valence-electron chi connectivity index (χ2n) is 3.41. The van der Waals surface area contributed by atoms with Crippen LogP contribution in [0.2, 0.25) is 5.02 Å². The molecule has 3 N–H and O–H groups in total. The summed E-state index contributed by atoms with van der Waals surface area (Å²) in [7, 11) is 0. The summed E-state index contributed by atoms with van der Waals surface area (Å²) < 4.78 is 0. The zero-order valence-corrected chi connectivity index (χ0v) is 10.0. The number of anilines is 1. The number of amides is 1. The van der Waals surface area contributed by atoms with Crippen molar-refractivity contribution in [1.29, 1.82) is 0 Å². The van der Waals surface area contributed by atoms with E-state index in [0.29, 0.717) is 23.8 Å². The lowest BCUT2D eigenvalue weighted by Crippen LogP contribution is -2.26. The number of halogens is 1. The topological polar surface area (TPSA) is 78.4 Å². The summed E-state index contributed by atoms with van der Waals surface area (Å²) in [6, 6.07) is 4.41. The first kappa shape index (κ1) is 13.3. The Morgan fingerprint density at radius 1 is 1.35 bits per heavy atom. The van der Waals surface area contributed by atoms with Crippen LogP contribution in [0.3, 0.4) is 0 Å². The quantitative estimate of drug-likeness (QED) is 0.699. The van der Waals surface area contributed by atoms with Gasteiger partial charge in [0.2, 0.25) is 5.91 Å². The van der Waals surface area contributed by atoms with Crippen LogP contribution in [0.25, 0.3) is 0 Å². The molecule has 1 rings (SSSR count). The van der Waals surface area contributed by atoms with E-state index in [9.17, 15) is 9.59 Å². The van der Waals surface area contributed by atoms with Gasteiger partial charge >= 0.3 is 5.97 Å². The minimum absolute atomic E-state index is 0.114.